The van der Waals surface area contributed by atoms with Crippen molar-refractivity contribution in [2.45, 2.75) is 37.9 Å². The minimum absolute atomic E-state index is 0.0282. The molecule has 7 nitrogen and oxygen atoms in total. The van der Waals surface area contributed by atoms with Crippen molar-refractivity contribution in [3.63, 3.8) is 0 Å². The Bertz CT molecular complexity index is 673. The minimum Gasteiger partial charge on any atom is -0.423 e. The van der Waals surface area contributed by atoms with Gasteiger partial charge in [0.05, 0.1) is 0 Å². The highest BCUT2D eigenvalue weighted by molar-refractivity contribution is 7.03. The molecule has 11 heteroatoms. The molecule has 2 aromatic rings. The summed E-state index contributed by atoms with van der Waals surface area (Å²) in [7, 11) is 0. The van der Waals surface area contributed by atoms with Crippen molar-refractivity contribution >= 4 is 17.4 Å². The number of carbonyl (C=O) groups is 1. The summed E-state index contributed by atoms with van der Waals surface area (Å²) in [6.45, 7) is 0.456. The van der Waals surface area contributed by atoms with Gasteiger partial charge in [-0.2, -0.15) is 13.2 Å². The van der Waals surface area contributed by atoms with Gasteiger partial charge in [0.25, 0.3) is 5.91 Å². The van der Waals surface area contributed by atoms with Gasteiger partial charge in [-0.1, -0.05) is 4.49 Å². The van der Waals surface area contributed by atoms with Gasteiger partial charge in [0.1, 0.15) is 12.5 Å². The van der Waals surface area contributed by atoms with Gasteiger partial charge < -0.3 is 9.32 Å². The van der Waals surface area contributed by atoms with E-state index in [-0.39, 0.29) is 17.5 Å². The van der Waals surface area contributed by atoms with E-state index in [0.29, 0.717) is 13.0 Å². The summed E-state index contributed by atoms with van der Waals surface area (Å²) in [4.78, 5) is 13.9. The summed E-state index contributed by atoms with van der Waals surface area (Å²) in [5, 5.41) is 12.4. The number of hydrogen-bond acceptors (Lipinski definition) is 7. The quantitative estimate of drug-likeness (QED) is 0.847. The van der Waals surface area contributed by atoms with Crippen LogP contribution in [0.5, 0.6) is 0 Å². The summed E-state index contributed by atoms with van der Waals surface area (Å²) in [5.74, 6) is -0.805. The van der Waals surface area contributed by atoms with Gasteiger partial charge in [-0.15, -0.1) is 15.3 Å². The van der Waals surface area contributed by atoms with E-state index in [1.807, 2.05) is 0 Å². The van der Waals surface area contributed by atoms with Crippen molar-refractivity contribution < 1.29 is 22.4 Å². The first kappa shape index (κ1) is 15.8. The highest BCUT2D eigenvalue weighted by Crippen LogP contribution is 2.32. The second-order valence-electron chi connectivity index (χ2n) is 5.13. The number of alkyl halides is 3. The fraction of sp³-hybridized carbons (Fsp3) is 0.583. The molecule has 2 aromatic heterocycles. The lowest BCUT2D eigenvalue weighted by atomic mass is 10.0. The number of hydrogen-bond donors (Lipinski definition) is 0. The molecule has 3 heterocycles. The first-order valence-electron chi connectivity index (χ1n) is 6.91. The molecule has 0 aliphatic carbocycles. The summed E-state index contributed by atoms with van der Waals surface area (Å²) < 4.78 is 45.9. The number of aromatic nitrogens is 4. The normalized spacial score (nSPS) is 19.1. The van der Waals surface area contributed by atoms with E-state index in [2.05, 4.69) is 19.8 Å². The van der Waals surface area contributed by atoms with Crippen molar-refractivity contribution in [2.24, 2.45) is 0 Å². The van der Waals surface area contributed by atoms with E-state index in [1.54, 1.807) is 0 Å². The second-order valence-corrected chi connectivity index (χ2v) is 5.74. The Morgan fingerprint density at radius 1 is 1.35 bits per heavy atom. The highest BCUT2D eigenvalue weighted by Gasteiger charge is 2.35. The molecule has 1 fully saturated rings. The Labute approximate surface area is 132 Å². The van der Waals surface area contributed by atoms with Crippen molar-refractivity contribution in [3.05, 3.63) is 22.9 Å². The smallest absolute Gasteiger partial charge is 0.397 e. The number of amides is 1. The third-order valence-corrected chi connectivity index (χ3v) is 3.97. The number of rotatable bonds is 3. The second kappa shape index (κ2) is 6.22. The average Bonchev–Trinajstić information content (AvgIpc) is 3.16. The van der Waals surface area contributed by atoms with Crippen molar-refractivity contribution in [2.75, 3.05) is 6.54 Å². The van der Waals surface area contributed by atoms with Crippen LogP contribution in [0.3, 0.4) is 0 Å². The lowest BCUT2D eigenvalue weighted by Gasteiger charge is -2.32. The molecule has 1 aliphatic heterocycles. The molecule has 1 aliphatic rings. The van der Waals surface area contributed by atoms with Crippen LogP contribution in [0.15, 0.2) is 9.80 Å². The summed E-state index contributed by atoms with van der Waals surface area (Å²) in [5.41, 5.74) is 0.205. The van der Waals surface area contributed by atoms with Gasteiger partial charge in [-0.25, -0.2) is 0 Å². The topological polar surface area (TPSA) is 85.0 Å². The lowest BCUT2D eigenvalue weighted by Crippen LogP contribution is -2.38. The molecule has 0 aromatic carbocycles. The summed E-state index contributed by atoms with van der Waals surface area (Å²) in [6.07, 6.45) is -3.53. The van der Waals surface area contributed by atoms with Crippen LogP contribution >= 0.6 is 11.5 Å². The van der Waals surface area contributed by atoms with Gasteiger partial charge in [-0.3, -0.25) is 4.79 Å². The molecule has 1 atom stereocenters. The largest absolute Gasteiger partial charge is 0.423 e. The molecule has 0 spiro atoms. The zero-order valence-corrected chi connectivity index (χ0v) is 12.6. The van der Waals surface area contributed by atoms with Gasteiger partial charge in [0.2, 0.25) is 11.8 Å². The third kappa shape index (κ3) is 3.66. The van der Waals surface area contributed by atoms with Gasteiger partial charge in [0, 0.05) is 11.9 Å². The summed E-state index contributed by atoms with van der Waals surface area (Å²) >= 11 is 1.05. The Morgan fingerprint density at radius 3 is 2.87 bits per heavy atom. The molecule has 0 unspecified atom stereocenters. The van der Waals surface area contributed by atoms with E-state index in [9.17, 15) is 18.0 Å². The molecule has 23 heavy (non-hydrogen) atoms. The van der Waals surface area contributed by atoms with E-state index in [1.165, 1.54) is 10.3 Å². The Kier molecular flexibility index (Phi) is 4.28. The molecule has 0 saturated carbocycles. The Morgan fingerprint density at radius 2 is 2.17 bits per heavy atom. The number of likely N-dealkylation sites (tertiary alicyclic amines) is 1. The van der Waals surface area contributed by atoms with Crippen LogP contribution in [-0.4, -0.2) is 43.3 Å². The van der Waals surface area contributed by atoms with Crippen molar-refractivity contribution in [1.29, 1.82) is 0 Å². The van der Waals surface area contributed by atoms with Crippen LogP contribution in [-0.2, 0) is 6.42 Å². The molecule has 0 bridgehead atoms. The first-order chi connectivity index (χ1) is 10.9. The van der Waals surface area contributed by atoms with E-state index in [0.717, 1.165) is 24.4 Å². The van der Waals surface area contributed by atoms with E-state index >= 15 is 0 Å². The van der Waals surface area contributed by atoms with E-state index < -0.39 is 24.5 Å². The fourth-order valence-electron chi connectivity index (χ4n) is 2.48. The van der Waals surface area contributed by atoms with Crippen LogP contribution < -0.4 is 0 Å². The molecule has 1 saturated heterocycles. The SMILES string of the molecule is O=C(c1csnn1)N1CCCC[C@@H]1c1nnc(CC(F)(F)F)o1. The van der Waals surface area contributed by atoms with Crippen LogP contribution in [0.4, 0.5) is 13.2 Å². The number of nitrogens with zero attached hydrogens (tertiary/aromatic N) is 5. The molecular weight excluding hydrogens is 335 g/mol. The zero-order chi connectivity index (χ0) is 16.4. The summed E-state index contributed by atoms with van der Waals surface area (Å²) in [6, 6.07) is -0.535. The minimum atomic E-state index is -4.42. The average molecular weight is 347 g/mol. The number of piperidine rings is 1. The van der Waals surface area contributed by atoms with Crippen LogP contribution in [0, 0.1) is 0 Å². The number of carbonyl (C=O) groups excluding carboxylic acids is 1. The maximum atomic E-state index is 12.4. The molecule has 124 valence electrons. The molecule has 3 rings (SSSR count). The maximum absolute atomic E-state index is 12.4. The van der Waals surface area contributed by atoms with Gasteiger partial charge in [-0.05, 0) is 30.8 Å². The Hall–Kier alpha value is -2.04. The molecular formula is C12H12F3N5O2S. The predicted octanol–water partition coefficient (Wildman–Crippen LogP) is 2.39. The van der Waals surface area contributed by atoms with Crippen molar-refractivity contribution in [1.82, 2.24) is 24.7 Å². The Balaban J connectivity index is 1.80. The highest BCUT2D eigenvalue weighted by atomic mass is 32.1. The van der Waals surface area contributed by atoms with Crippen LogP contribution in [0.2, 0.25) is 0 Å². The molecule has 1 amide bonds. The van der Waals surface area contributed by atoms with Gasteiger partial charge >= 0.3 is 6.18 Å². The van der Waals surface area contributed by atoms with Crippen LogP contribution in [0.25, 0.3) is 0 Å². The van der Waals surface area contributed by atoms with Crippen LogP contribution in [0.1, 0.15) is 47.6 Å². The van der Waals surface area contributed by atoms with E-state index in [4.69, 9.17) is 4.42 Å². The van der Waals surface area contributed by atoms with Gasteiger partial charge in [0.15, 0.2) is 5.69 Å². The monoisotopic (exact) mass is 347 g/mol. The standard InChI is InChI=1S/C12H12F3N5O2S/c13-12(14,15)5-9-17-18-10(22-9)8-3-1-2-4-20(8)11(21)7-6-23-19-16-7/h6,8H,1-5H2/t8-/m1/s1. The third-order valence-electron chi connectivity index (χ3n) is 3.46. The molecule has 0 N–H and O–H groups in total. The first-order valence-corrected chi connectivity index (χ1v) is 7.75. The zero-order valence-electron chi connectivity index (χ0n) is 11.8. The fourth-order valence-corrected chi connectivity index (χ4v) is 2.91. The lowest BCUT2D eigenvalue weighted by molar-refractivity contribution is -0.131. The predicted molar refractivity (Wildman–Crippen MR) is 71.6 cm³/mol. The molecule has 0 radical (unpaired) electrons. The maximum Gasteiger partial charge on any atom is 0.397 e. The number of halogens is 3. The van der Waals surface area contributed by atoms with Crippen molar-refractivity contribution in [3.8, 4) is 0 Å².